The van der Waals surface area contributed by atoms with Crippen molar-refractivity contribution in [2.45, 2.75) is 25.8 Å². The van der Waals surface area contributed by atoms with Crippen molar-refractivity contribution in [1.29, 1.82) is 0 Å². The number of hydrogen-bond acceptors (Lipinski definition) is 6. The van der Waals surface area contributed by atoms with Gasteiger partial charge in [-0.1, -0.05) is 5.16 Å². The van der Waals surface area contributed by atoms with Gasteiger partial charge in [-0.3, -0.25) is 24.7 Å². The molecule has 1 saturated heterocycles. The summed E-state index contributed by atoms with van der Waals surface area (Å²) in [4.78, 5) is 35.3. The van der Waals surface area contributed by atoms with E-state index in [2.05, 4.69) is 5.16 Å². The standard InChI is InChI=1S/C10H12N4O4/c11-12-10(17)7-4-6(18-13-7)5-14-8(15)2-1-3-9(14)16/h4H,1-3,5,11H2,(H,12,17). The van der Waals surface area contributed by atoms with E-state index >= 15 is 0 Å². The molecule has 0 aromatic carbocycles. The van der Waals surface area contributed by atoms with E-state index < -0.39 is 5.91 Å². The number of imide groups is 1. The third-order valence-electron chi connectivity index (χ3n) is 2.62. The average Bonchev–Trinajstić information content (AvgIpc) is 2.81. The third kappa shape index (κ3) is 2.38. The number of likely N-dealkylation sites (tertiary alicyclic amines) is 1. The van der Waals surface area contributed by atoms with Crippen LogP contribution in [0.2, 0.25) is 0 Å². The molecule has 0 atom stereocenters. The molecular formula is C10H12N4O4. The summed E-state index contributed by atoms with van der Waals surface area (Å²) >= 11 is 0. The van der Waals surface area contributed by atoms with Crippen molar-refractivity contribution in [3.63, 3.8) is 0 Å². The van der Waals surface area contributed by atoms with Gasteiger partial charge in [0.1, 0.15) is 0 Å². The summed E-state index contributed by atoms with van der Waals surface area (Å²) in [6.45, 7) is -0.0114. The maximum absolute atomic E-state index is 11.5. The van der Waals surface area contributed by atoms with Crippen molar-refractivity contribution in [3.8, 4) is 0 Å². The Morgan fingerprint density at radius 2 is 2.11 bits per heavy atom. The first-order valence-corrected chi connectivity index (χ1v) is 5.41. The van der Waals surface area contributed by atoms with Gasteiger partial charge in [0.25, 0.3) is 5.91 Å². The molecule has 96 valence electrons. The van der Waals surface area contributed by atoms with Gasteiger partial charge in [0.15, 0.2) is 11.5 Å². The highest BCUT2D eigenvalue weighted by Gasteiger charge is 2.27. The largest absolute Gasteiger partial charge is 0.359 e. The van der Waals surface area contributed by atoms with E-state index in [1.165, 1.54) is 6.07 Å². The van der Waals surface area contributed by atoms with Crippen molar-refractivity contribution >= 4 is 17.7 Å². The average molecular weight is 252 g/mol. The van der Waals surface area contributed by atoms with Gasteiger partial charge in [0.05, 0.1) is 6.54 Å². The van der Waals surface area contributed by atoms with Gasteiger partial charge in [-0.2, -0.15) is 0 Å². The number of hydrazine groups is 1. The molecule has 0 aliphatic carbocycles. The number of rotatable bonds is 3. The van der Waals surface area contributed by atoms with Gasteiger partial charge in [-0.05, 0) is 6.42 Å². The molecule has 0 bridgehead atoms. The normalized spacial score (nSPS) is 15.9. The Morgan fingerprint density at radius 1 is 1.44 bits per heavy atom. The summed E-state index contributed by atoms with van der Waals surface area (Å²) in [7, 11) is 0. The zero-order chi connectivity index (χ0) is 13.1. The number of nitrogens with zero attached hydrogens (tertiary/aromatic N) is 2. The van der Waals surface area contributed by atoms with E-state index in [4.69, 9.17) is 10.4 Å². The highest BCUT2D eigenvalue weighted by molar-refractivity contribution is 5.97. The fourth-order valence-corrected chi connectivity index (χ4v) is 1.70. The van der Waals surface area contributed by atoms with Crippen LogP contribution in [0.25, 0.3) is 0 Å². The molecule has 1 aliphatic heterocycles. The minimum absolute atomic E-state index is 0.00408. The number of carbonyl (C=O) groups is 3. The molecule has 0 saturated carbocycles. The van der Waals surface area contributed by atoms with Crippen LogP contribution in [0.5, 0.6) is 0 Å². The number of carbonyl (C=O) groups excluding carboxylic acids is 3. The molecule has 1 aromatic rings. The number of piperidine rings is 1. The fraction of sp³-hybridized carbons (Fsp3) is 0.400. The van der Waals surface area contributed by atoms with Crippen LogP contribution >= 0.6 is 0 Å². The van der Waals surface area contributed by atoms with Gasteiger partial charge in [-0.25, -0.2) is 5.84 Å². The molecule has 8 heteroatoms. The summed E-state index contributed by atoms with van der Waals surface area (Å²) < 4.78 is 4.87. The highest BCUT2D eigenvalue weighted by Crippen LogP contribution is 2.16. The SMILES string of the molecule is NNC(=O)c1cc(CN2C(=O)CCCC2=O)on1. The first kappa shape index (κ1) is 12.2. The van der Waals surface area contributed by atoms with Crippen molar-refractivity contribution in [2.75, 3.05) is 0 Å². The van der Waals surface area contributed by atoms with Gasteiger partial charge in [0.2, 0.25) is 11.8 Å². The second-order valence-corrected chi connectivity index (χ2v) is 3.88. The molecular weight excluding hydrogens is 240 g/mol. The molecule has 8 nitrogen and oxygen atoms in total. The minimum Gasteiger partial charge on any atom is -0.359 e. The second-order valence-electron chi connectivity index (χ2n) is 3.88. The number of amides is 3. The lowest BCUT2D eigenvalue weighted by Gasteiger charge is -2.23. The summed E-state index contributed by atoms with van der Waals surface area (Å²) in [5, 5.41) is 3.49. The fourth-order valence-electron chi connectivity index (χ4n) is 1.70. The summed E-state index contributed by atoms with van der Waals surface area (Å²) in [5.74, 6) is 4.12. The molecule has 1 fully saturated rings. The zero-order valence-electron chi connectivity index (χ0n) is 9.51. The Bertz CT molecular complexity index is 480. The molecule has 3 N–H and O–H groups in total. The van der Waals surface area contributed by atoms with Crippen LogP contribution in [0, 0.1) is 0 Å². The Kier molecular flexibility index (Phi) is 3.38. The van der Waals surface area contributed by atoms with E-state index in [-0.39, 0.29) is 29.8 Å². The van der Waals surface area contributed by atoms with Crippen LogP contribution in [0.1, 0.15) is 35.5 Å². The molecule has 0 unspecified atom stereocenters. The summed E-state index contributed by atoms with van der Waals surface area (Å²) in [6.07, 6.45) is 1.26. The third-order valence-corrected chi connectivity index (χ3v) is 2.62. The molecule has 2 rings (SSSR count). The first-order chi connectivity index (χ1) is 8.61. The topological polar surface area (TPSA) is 119 Å². The second kappa shape index (κ2) is 4.96. The van der Waals surface area contributed by atoms with Gasteiger partial charge >= 0.3 is 0 Å². The van der Waals surface area contributed by atoms with Crippen LogP contribution in [0.15, 0.2) is 10.6 Å². The maximum Gasteiger partial charge on any atom is 0.287 e. The smallest absolute Gasteiger partial charge is 0.287 e. The zero-order valence-corrected chi connectivity index (χ0v) is 9.51. The first-order valence-electron chi connectivity index (χ1n) is 5.41. The number of nitrogens with two attached hydrogens (primary N) is 1. The van der Waals surface area contributed by atoms with Gasteiger partial charge in [0, 0.05) is 18.9 Å². The van der Waals surface area contributed by atoms with Crippen LogP contribution in [0.4, 0.5) is 0 Å². The Morgan fingerprint density at radius 3 is 2.72 bits per heavy atom. The van der Waals surface area contributed by atoms with Gasteiger partial charge in [-0.15, -0.1) is 0 Å². The maximum atomic E-state index is 11.5. The van der Waals surface area contributed by atoms with E-state index in [9.17, 15) is 14.4 Å². The van der Waals surface area contributed by atoms with Crippen LogP contribution in [-0.2, 0) is 16.1 Å². The predicted molar refractivity (Wildman–Crippen MR) is 57.6 cm³/mol. The molecule has 18 heavy (non-hydrogen) atoms. The lowest BCUT2D eigenvalue weighted by molar-refractivity contribution is -0.149. The number of aromatic nitrogens is 1. The minimum atomic E-state index is -0.596. The molecule has 3 amide bonds. The number of hydrogen-bond donors (Lipinski definition) is 2. The van der Waals surface area contributed by atoms with E-state index in [0.29, 0.717) is 19.3 Å². The molecule has 1 aromatic heterocycles. The van der Waals surface area contributed by atoms with Crippen LogP contribution in [0.3, 0.4) is 0 Å². The monoisotopic (exact) mass is 252 g/mol. The molecule has 0 radical (unpaired) electrons. The Balaban J connectivity index is 2.09. The highest BCUT2D eigenvalue weighted by atomic mass is 16.5. The van der Waals surface area contributed by atoms with Crippen LogP contribution < -0.4 is 11.3 Å². The van der Waals surface area contributed by atoms with Gasteiger partial charge < -0.3 is 4.52 Å². The summed E-state index contributed by atoms with van der Waals surface area (Å²) in [5.41, 5.74) is 1.91. The molecule has 2 heterocycles. The Labute approximate surface area is 102 Å². The van der Waals surface area contributed by atoms with Crippen LogP contribution in [-0.4, -0.2) is 27.8 Å². The predicted octanol–water partition coefficient (Wildman–Crippen LogP) is -0.683. The van der Waals surface area contributed by atoms with E-state index in [0.717, 1.165) is 4.90 Å². The Hall–Kier alpha value is -2.22. The van der Waals surface area contributed by atoms with Crippen molar-refractivity contribution < 1.29 is 18.9 Å². The quantitative estimate of drug-likeness (QED) is 0.318. The van der Waals surface area contributed by atoms with Crippen molar-refractivity contribution in [1.82, 2.24) is 15.5 Å². The number of nitrogens with one attached hydrogen (secondary N) is 1. The van der Waals surface area contributed by atoms with E-state index in [1.807, 2.05) is 5.43 Å². The lowest BCUT2D eigenvalue weighted by Crippen LogP contribution is -2.39. The molecule has 1 aliphatic rings. The summed E-state index contributed by atoms with van der Waals surface area (Å²) in [6, 6.07) is 1.34. The molecule has 0 spiro atoms. The number of nitrogen functional groups attached to an aromatic ring is 1. The van der Waals surface area contributed by atoms with Crippen molar-refractivity contribution in [2.24, 2.45) is 5.84 Å². The lowest BCUT2D eigenvalue weighted by atomic mass is 10.1. The van der Waals surface area contributed by atoms with E-state index in [1.54, 1.807) is 0 Å². The van der Waals surface area contributed by atoms with Crippen molar-refractivity contribution in [3.05, 3.63) is 17.5 Å².